The van der Waals surface area contributed by atoms with Gasteiger partial charge in [-0.25, -0.2) is 0 Å². The topological polar surface area (TPSA) is 12.0 Å². The summed E-state index contributed by atoms with van der Waals surface area (Å²) >= 11 is 0. The summed E-state index contributed by atoms with van der Waals surface area (Å²) in [6, 6.07) is 0.760. The number of nitrogens with one attached hydrogen (secondary N) is 1. The fourth-order valence-electron chi connectivity index (χ4n) is 1.84. The van der Waals surface area contributed by atoms with Crippen LogP contribution in [-0.2, 0) is 0 Å². The zero-order valence-electron chi connectivity index (χ0n) is 8.06. The number of hydrogen-bond donors (Lipinski definition) is 1. The molecule has 0 bridgehead atoms. The van der Waals surface area contributed by atoms with E-state index in [1.165, 1.54) is 25.8 Å². The Morgan fingerprint density at radius 3 is 2.64 bits per heavy atom. The van der Waals surface area contributed by atoms with Crippen molar-refractivity contribution >= 4 is 0 Å². The van der Waals surface area contributed by atoms with Crippen LogP contribution >= 0.6 is 0 Å². The highest BCUT2D eigenvalue weighted by atomic mass is 14.9. The van der Waals surface area contributed by atoms with Gasteiger partial charge in [-0.05, 0) is 38.1 Å². The van der Waals surface area contributed by atoms with Gasteiger partial charge in [-0.3, -0.25) is 0 Å². The second-order valence-electron chi connectivity index (χ2n) is 4.03. The fourth-order valence-corrected chi connectivity index (χ4v) is 1.84. The lowest BCUT2D eigenvalue weighted by atomic mass is 9.84. The number of rotatable bonds is 2. The van der Waals surface area contributed by atoms with Crippen molar-refractivity contribution in [1.82, 2.24) is 5.32 Å². The van der Waals surface area contributed by atoms with Gasteiger partial charge < -0.3 is 5.32 Å². The third-order valence-corrected chi connectivity index (χ3v) is 3.15. The second kappa shape index (κ2) is 4.10. The lowest BCUT2D eigenvalue weighted by Crippen LogP contribution is -2.39. The van der Waals surface area contributed by atoms with Gasteiger partial charge in [0.1, 0.15) is 0 Å². The Kier molecular flexibility index (Phi) is 3.38. The molecule has 66 valence electrons. The van der Waals surface area contributed by atoms with Crippen molar-refractivity contribution in [3.8, 4) is 0 Å². The molecular formula is C10H21N. The standard InChI is InChI=1S/C10H21N/c1-4-8(2)10-6-5-9(3)11-7-10/h8-11H,4-7H2,1-3H3. The van der Waals surface area contributed by atoms with Crippen LogP contribution in [0.15, 0.2) is 0 Å². The van der Waals surface area contributed by atoms with Crippen molar-refractivity contribution in [2.45, 2.75) is 46.1 Å². The average Bonchev–Trinajstić information content (AvgIpc) is 2.05. The Balaban J connectivity index is 2.27. The van der Waals surface area contributed by atoms with E-state index >= 15 is 0 Å². The third kappa shape index (κ3) is 2.48. The van der Waals surface area contributed by atoms with Crippen LogP contribution in [0.4, 0.5) is 0 Å². The van der Waals surface area contributed by atoms with Crippen molar-refractivity contribution < 1.29 is 0 Å². The summed E-state index contributed by atoms with van der Waals surface area (Å²) in [5.41, 5.74) is 0. The van der Waals surface area contributed by atoms with Crippen LogP contribution in [0.5, 0.6) is 0 Å². The molecule has 3 atom stereocenters. The molecule has 0 radical (unpaired) electrons. The van der Waals surface area contributed by atoms with Gasteiger partial charge in [0.25, 0.3) is 0 Å². The molecule has 0 aromatic rings. The van der Waals surface area contributed by atoms with Gasteiger partial charge in [0.2, 0.25) is 0 Å². The predicted molar refractivity (Wildman–Crippen MR) is 49.6 cm³/mol. The zero-order chi connectivity index (χ0) is 8.27. The summed E-state index contributed by atoms with van der Waals surface area (Å²) in [5, 5.41) is 3.55. The van der Waals surface area contributed by atoms with Crippen LogP contribution in [0.25, 0.3) is 0 Å². The van der Waals surface area contributed by atoms with Crippen LogP contribution < -0.4 is 5.32 Å². The molecule has 1 rings (SSSR count). The van der Waals surface area contributed by atoms with E-state index in [4.69, 9.17) is 0 Å². The monoisotopic (exact) mass is 155 g/mol. The maximum absolute atomic E-state index is 3.55. The maximum Gasteiger partial charge on any atom is 0.00389 e. The Bertz CT molecular complexity index is 103. The van der Waals surface area contributed by atoms with E-state index in [1.54, 1.807) is 0 Å². The van der Waals surface area contributed by atoms with E-state index in [0.29, 0.717) is 0 Å². The molecule has 0 amide bonds. The molecule has 1 heteroatoms. The van der Waals surface area contributed by atoms with Crippen molar-refractivity contribution in [2.75, 3.05) is 6.54 Å². The zero-order valence-corrected chi connectivity index (χ0v) is 8.06. The van der Waals surface area contributed by atoms with Gasteiger partial charge in [-0.1, -0.05) is 20.3 Å². The minimum Gasteiger partial charge on any atom is -0.314 e. The smallest absolute Gasteiger partial charge is 0.00389 e. The first-order valence-electron chi connectivity index (χ1n) is 4.97. The summed E-state index contributed by atoms with van der Waals surface area (Å²) < 4.78 is 0. The fraction of sp³-hybridized carbons (Fsp3) is 1.00. The molecular weight excluding hydrogens is 134 g/mol. The van der Waals surface area contributed by atoms with Gasteiger partial charge in [-0.2, -0.15) is 0 Å². The highest BCUT2D eigenvalue weighted by molar-refractivity contribution is 4.77. The van der Waals surface area contributed by atoms with Crippen molar-refractivity contribution in [1.29, 1.82) is 0 Å². The van der Waals surface area contributed by atoms with Crippen LogP contribution in [0.2, 0.25) is 0 Å². The van der Waals surface area contributed by atoms with Crippen LogP contribution in [0, 0.1) is 11.8 Å². The molecule has 0 aromatic carbocycles. The van der Waals surface area contributed by atoms with E-state index in [-0.39, 0.29) is 0 Å². The molecule has 1 aliphatic heterocycles. The molecule has 1 N–H and O–H groups in total. The van der Waals surface area contributed by atoms with E-state index in [2.05, 4.69) is 26.1 Å². The lowest BCUT2D eigenvalue weighted by Gasteiger charge is -2.31. The SMILES string of the molecule is CCC(C)C1CCC(C)NC1. The normalized spacial score (nSPS) is 35.2. The molecule has 1 aliphatic rings. The third-order valence-electron chi connectivity index (χ3n) is 3.15. The predicted octanol–water partition coefficient (Wildman–Crippen LogP) is 2.42. The van der Waals surface area contributed by atoms with Gasteiger partial charge in [0.05, 0.1) is 0 Å². The average molecular weight is 155 g/mol. The molecule has 0 aromatic heterocycles. The Morgan fingerprint density at radius 1 is 1.45 bits per heavy atom. The first-order chi connectivity index (χ1) is 5.24. The lowest BCUT2D eigenvalue weighted by molar-refractivity contribution is 0.245. The van der Waals surface area contributed by atoms with E-state index in [9.17, 15) is 0 Å². The molecule has 1 fully saturated rings. The minimum absolute atomic E-state index is 0.760. The number of piperidine rings is 1. The molecule has 0 aliphatic carbocycles. The maximum atomic E-state index is 3.55. The van der Waals surface area contributed by atoms with Gasteiger partial charge in [0.15, 0.2) is 0 Å². The molecule has 1 saturated heterocycles. The van der Waals surface area contributed by atoms with Gasteiger partial charge in [-0.15, -0.1) is 0 Å². The Morgan fingerprint density at radius 2 is 2.18 bits per heavy atom. The quantitative estimate of drug-likeness (QED) is 0.645. The summed E-state index contributed by atoms with van der Waals surface area (Å²) in [4.78, 5) is 0. The molecule has 3 unspecified atom stereocenters. The summed E-state index contributed by atoms with van der Waals surface area (Å²) in [6.07, 6.45) is 4.14. The Labute approximate surface area is 70.6 Å². The second-order valence-corrected chi connectivity index (χ2v) is 4.03. The van der Waals surface area contributed by atoms with Crippen LogP contribution in [-0.4, -0.2) is 12.6 Å². The molecule has 1 heterocycles. The van der Waals surface area contributed by atoms with Gasteiger partial charge in [0, 0.05) is 6.04 Å². The van der Waals surface area contributed by atoms with Crippen LogP contribution in [0.3, 0.4) is 0 Å². The van der Waals surface area contributed by atoms with Crippen molar-refractivity contribution in [3.05, 3.63) is 0 Å². The molecule has 1 nitrogen and oxygen atoms in total. The number of hydrogen-bond acceptors (Lipinski definition) is 1. The van der Waals surface area contributed by atoms with E-state index in [1.807, 2.05) is 0 Å². The minimum atomic E-state index is 0.760. The summed E-state index contributed by atoms with van der Waals surface area (Å²) in [7, 11) is 0. The summed E-state index contributed by atoms with van der Waals surface area (Å²) in [6.45, 7) is 8.20. The van der Waals surface area contributed by atoms with Crippen molar-refractivity contribution in [2.24, 2.45) is 11.8 Å². The Hall–Kier alpha value is -0.0400. The van der Waals surface area contributed by atoms with E-state index < -0.39 is 0 Å². The molecule has 11 heavy (non-hydrogen) atoms. The van der Waals surface area contributed by atoms with Crippen LogP contribution in [0.1, 0.15) is 40.0 Å². The first-order valence-corrected chi connectivity index (χ1v) is 4.97. The highest BCUT2D eigenvalue weighted by Crippen LogP contribution is 2.23. The van der Waals surface area contributed by atoms with E-state index in [0.717, 1.165) is 17.9 Å². The molecule has 0 spiro atoms. The summed E-state index contributed by atoms with van der Waals surface area (Å²) in [5.74, 6) is 1.85. The largest absolute Gasteiger partial charge is 0.314 e. The van der Waals surface area contributed by atoms with Crippen molar-refractivity contribution in [3.63, 3.8) is 0 Å². The van der Waals surface area contributed by atoms with Gasteiger partial charge >= 0.3 is 0 Å². The highest BCUT2D eigenvalue weighted by Gasteiger charge is 2.21. The first kappa shape index (κ1) is 9.05. The molecule has 0 saturated carbocycles.